The first-order chi connectivity index (χ1) is 4.12. The van der Waals surface area contributed by atoms with Crippen molar-refractivity contribution in [1.82, 2.24) is 0 Å². The maximum absolute atomic E-state index is 2.44. The minimum atomic E-state index is 0. The molecule has 58 valence electrons. The molecule has 0 unspecified atom stereocenters. The lowest BCUT2D eigenvalue weighted by Crippen LogP contribution is -2.05. The summed E-state index contributed by atoms with van der Waals surface area (Å²) in [7, 11) is 0. The van der Waals surface area contributed by atoms with E-state index in [1.165, 1.54) is 19.3 Å². The number of rotatable bonds is 0. The Morgan fingerprint density at radius 1 is 1.10 bits per heavy atom. The van der Waals surface area contributed by atoms with Gasteiger partial charge in [0.2, 0.25) is 0 Å². The molecule has 0 aromatic heterocycles. The lowest BCUT2D eigenvalue weighted by Gasteiger charge is -2.15. The zero-order valence-electron chi connectivity index (χ0n) is 6.68. The van der Waals surface area contributed by atoms with Crippen molar-refractivity contribution in [2.24, 2.45) is 10.8 Å². The fraction of sp³-hybridized carbons (Fsp3) is 0.778. The van der Waals surface area contributed by atoms with Crippen LogP contribution in [0.5, 0.6) is 0 Å². The van der Waals surface area contributed by atoms with Gasteiger partial charge in [0.25, 0.3) is 0 Å². The summed E-state index contributed by atoms with van der Waals surface area (Å²) >= 11 is 0. The second-order valence-electron chi connectivity index (χ2n) is 4.36. The second kappa shape index (κ2) is 2.23. The molecule has 1 saturated carbocycles. The highest BCUT2D eigenvalue weighted by Crippen LogP contribution is 2.58. The smallest absolute Gasteiger partial charge is 0.0109 e. The van der Waals surface area contributed by atoms with Crippen molar-refractivity contribution in [2.75, 3.05) is 0 Å². The summed E-state index contributed by atoms with van der Waals surface area (Å²) in [6.45, 7) is 4.66. The van der Waals surface area contributed by atoms with Gasteiger partial charge < -0.3 is 0 Å². The van der Waals surface area contributed by atoms with E-state index in [1.807, 2.05) is 0 Å². The minimum absolute atomic E-state index is 0. The van der Waals surface area contributed by atoms with Gasteiger partial charge in [0.15, 0.2) is 0 Å². The fourth-order valence-corrected chi connectivity index (χ4v) is 1.93. The van der Waals surface area contributed by atoms with Crippen molar-refractivity contribution in [1.29, 1.82) is 0 Å². The summed E-state index contributed by atoms with van der Waals surface area (Å²) in [6.07, 6.45) is 9.13. The molecular weight excluding hydrogens is 235 g/mol. The predicted octanol–water partition coefficient (Wildman–Crippen LogP) is 3.37. The molecule has 0 aromatic rings. The Hall–Kier alpha value is 0.470. The molecule has 0 nitrogen and oxygen atoms in total. The van der Waals surface area contributed by atoms with Crippen molar-refractivity contribution < 1.29 is 0 Å². The van der Waals surface area contributed by atoms with E-state index in [0.717, 1.165) is 0 Å². The van der Waals surface area contributed by atoms with E-state index in [4.69, 9.17) is 0 Å². The first-order valence-electron chi connectivity index (χ1n) is 3.82. The van der Waals surface area contributed by atoms with E-state index in [1.54, 1.807) is 0 Å². The van der Waals surface area contributed by atoms with Crippen LogP contribution in [0.25, 0.3) is 0 Å². The van der Waals surface area contributed by atoms with Crippen LogP contribution in [0.4, 0.5) is 0 Å². The van der Waals surface area contributed by atoms with E-state index in [0.29, 0.717) is 10.8 Å². The molecule has 0 saturated heterocycles. The molecule has 1 spiro atoms. The lowest BCUT2D eigenvalue weighted by molar-refractivity contribution is 0.398. The standard InChI is InChI=1S/C9H14.HI/c1-8(2)3-4-9(7-8)5-6-9;/h3-4H,5-7H2,1-2H3;1H. The first-order valence-corrected chi connectivity index (χ1v) is 3.82. The second-order valence-corrected chi connectivity index (χ2v) is 4.36. The molecular formula is C9H15I. The summed E-state index contributed by atoms with van der Waals surface area (Å²) in [4.78, 5) is 0. The van der Waals surface area contributed by atoms with Crippen molar-refractivity contribution in [2.45, 2.75) is 33.1 Å². The molecule has 1 heteroatoms. The summed E-state index contributed by atoms with van der Waals surface area (Å²) < 4.78 is 0. The summed E-state index contributed by atoms with van der Waals surface area (Å²) in [5, 5.41) is 0. The van der Waals surface area contributed by atoms with Crippen LogP contribution in [0.3, 0.4) is 0 Å². The zero-order valence-corrected chi connectivity index (χ0v) is 9.01. The number of hydrogen-bond donors (Lipinski definition) is 0. The molecule has 0 amide bonds. The molecule has 2 aliphatic carbocycles. The SMILES string of the molecule is CC1(C)C=CC2(CC2)C1.I. The number of allylic oxidation sites excluding steroid dienone is 2. The summed E-state index contributed by atoms with van der Waals surface area (Å²) in [6, 6.07) is 0. The van der Waals surface area contributed by atoms with Crippen LogP contribution in [0.15, 0.2) is 12.2 Å². The van der Waals surface area contributed by atoms with Crippen LogP contribution in [-0.2, 0) is 0 Å². The third-order valence-electron chi connectivity index (χ3n) is 2.59. The van der Waals surface area contributed by atoms with Gasteiger partial charge in [-0.25, -0.2) is 0 Å². The minimum Gasteiger partial charge on any atom is -0.107 e. The highest BCUT2D eigenvalue weighted by molar-refractivity contribution is 14.0. The maximum atomic E-state index is 2.44. The Balaban J connectivity index is 0.000000500. The molecule has 2 aliphatic rings. The van der Waals surface area contributed by atoms with Gasteiger partial charge in [0.05, 0.1) is 0 Å². The third kappa shape index (κ3) is 1.39. The van der Waals surface area contributed by atoms with Crippen molar-refractivity contribution >= 4 is 24.0 Å². The van der Waals surface area contributed by atoms with E-state index < -0.39 is 0 Å². The van der Waals surface area contributed by atoms with Crippen molar-refractivity contribution in [3.05, 3.63) is 12.2 Å². The van der Waals surface area contributed by atoms with Crippen molar-refractivity contribution in [3.8, 4) is 0 Å². The number of hydrogen-bond acceptors (Lipinski definition) is 0. The average molecular weight is 250 g/mol. The van der Waals surface area contributed by atoms with Crippen molar-refractivity contribution in [3.63, 3.8) is 0 Å². The van der Waals surface area contributed by atoms with Gasteiger partial charge in [-0.2, -0.15) is 0 Å². The van der Waals surface area contributed by atoms with Gasteiger partial charge in [-0.1, -0.05) is 26.0 Å². The molecule has 0 aliphatic heterocycles. The van der Waals surface area contributed by atoms with Crippen LogP contribution >= 0.6 is 24.0 Å². The lowest BCUT2D eigenvalue weighted by atomic mass is 9.89. The topological polar surface area (TPSA) is 0 Å². The fourth-order valence-electron chi connectivity index (χ4n) is 1.93. The Morgan fingerprint density at radius 3 is 1.90 bits per heavy atom. The van der Waals surface area contributed by atoms with E-state index in [-0.39, 0.29) is 24.0 Å². The monoisotopic (exact) mass is 250 g/mol. The molecule has 0 heterocycles. The Bertz CT molecular complexity index is 158. The van der Waals surface area contributed by atoms with Gasteiger partial charge in [0, 0.05) is 0 Å². The van der Waals surface area contributed by atoms with E-state index in [9.17, 15) is 0 Å². The Kier molecular flexibility index (Phi) is 1.91. The summed E-state index contributed by atoms with van der Waals surface area (Å²) in [5.74, 6) is 0. The van der Waals surface area contributed by atoms with E-state index in [2.05, 4.69) is 26.0 Å². The molecule has 0 radical (unpaired) electrons. The molecule has 2 rings (SSSR count). The highest BCUT2D eigenvalue weighted by Gasteiger charge is 2.46. The third-order valence-corrected chi connectivity index (χ3v) is 2.59. The normalized spacial score (nSPS) is 30.2. The van der Waals surface area contributed by atoms with Crippen LogP contribution < -0.4 is 0 Å². The van der Waals surface area contributed by atoms with E-state index >= 15 is 0 Å². The molecule has 0 bridgehead atoms. The molecule has 0 atom stereocenters. The first kappa shape index (κ1) is 8.57. The van der Waals surface area contributed by atoms with Crippen LogP contribution in [0, 0.1) is 10.8 Å². The van der Waals surface area contributed by atoms with Gasteiger partial charge in [-0.15, -0.1) is 24.0 Å². The quantitative estimate of drug-likeness (QED) is 0.456. The van der Waals surface area contributed by atoms with Gasteiger partial charge >= 0.3 is 0 Å². The zero-order chi connectivity index (χ0) is 6.54. The van der Waals surface area contributed by atoms with Gasteiger partial charge in [-0.05, 0) is 30.1 Å². The molecule has 0 N–H and O–H groups in total. The molecule has 10 heavy (non-hydrogen) atoms. The average Bonchev–Trinajstić information content (AvgIpc) is 2.36. The summed E-state index contributed by atoms with van der Waals surface area (Å²) in [5.41, 5.74) is 1.21. The van der Waals surface area contributed by atoms with Crippen LogP contribution in [-0.4, -0.2) is 0 Å². The molecule has 1 fully saturated rings. The molecule has 0 aromatic carbocycles. The Morgan fingerprint density at radius 2 is 1.70 bits per heavy atom. The predicted molar refractivity (Wildman–Crippen MR) is 54.6 cm³/mol. The largest absolute Gasteiger partial charge is 0.107 e. The highest BCUT2D eigenvalue weighted by atomic mass is 127. The number of halogens is 1. The van der Waals surface area contributed by atoms with Crippen LogP contribution in [0.1, 0.15) is 33.1 Å². The van der Waals surface area contributed by atoms with Gasteiger partial charge in [0.1, 0.15) is 0 Å². The van der Waals surface area contributed by atoms with Gasteiger partial charge in [-0.3, -0.25) is 0 Å². The van der Waals surface area contributed by atoms with Crippen LogP contribution in [0.2, 0.25) is 0 Å². The maximum Gasteiger partial charge on any atom is -0.0109 e. The Labute approximate surface area is 80.1 Å².